The molecule has 0 bridgehead atoms. The van der Waals surface area contributed by atoms with Gasteiger partial charge < -0.3 is 26.7 Å². The fourth-order valence-corrected chi connectivity index (χ4v) is 3.95. The zero-order valence-corrected chi connectivity index (χ0v) is 16.2. The number of hydrogen-bond donors (Lipinski definition) is 1. The first-order valence-electron chi connectivity index (χ1n) is 9.45. The first-order valence-corrected chi connectivity index (χ1v) is 9.45. The van der Waals surface area contributed by atoms with Crippen molar-refractivity contribution in [2.24, 2.45) is 0 Å². The highest BCUT2D eigenvalue weighted by molar-refractivity contribution is 5.14. The van der Waals surface area contributed by atoms with Gasteiger partial charge in [-0.3, -0.25) is 0 Å². The summed E-state index contributed by atoms with van der Waals surface area (Å²) in [5, 5.41) is 10.6. The number of quaternary nitrogens is 1. The lowest BCUT2D eigenvalue weighted by Crippen LogP contribution is -3.00. The number of ether oxygens (including phenoxy) is 1. The molecule has 1 aliphatic rings. The van der Waals surface area contributed by atoms with Crippen LogP contribution in [0, 0.1) is 0 Å². The van der Waals surface area contributed by atoms with E-state index in [-0.39, 0.29) is 12.4 Å². The summed E-state index contributed by atoms with van der Waals surface area (Å²) >= 11 is 0. The van der Waals surface area contributed by atoms with Gasteiger partial charge >= 0.3 is 0 Å². The molecule has 1 fully saturated rings. The summed E-state index contributed by atoms with van der Waals surface area (Å²) in [6.07, 6.45) is 3.41. The molecule has 1 aliphatic heterocycles. The van der Waals surface area contributed by atoms with E-state index in [4.69, 9.17) is 4.74 Å². The molecule has 1 atom stereocenters. The van der Waals surface area contributed by atoms with Crippen molar-refractivity contribution in [2.75, 3.05) is 26.2 Å². The zero-order valence-electron chi connectivity index (χ0n) is 15.4. The molecule has 0 spiro atoms. The average molecular weight is 376 g/mol. The van der Waals surface area contributed by atoms with Crippen molar-refractivity contribution < 1.29 is 26.7 Å². The zero-order chi connectivity index (χ0) is 17.4. The smallest absolute Gasteiger partial charge is 0.126 e. The number of likely N-dealkylation sites (tertiary alicyclic amines) is 1. The maximum Gasteiger partial charge on any atom is 0.126 e. The lowest BCUT2D eigenvalue weighted by Gasteiger charge is -2.42. The van der Waals surface area contributed by atoms with Gasteiger partial charge in [0, 0.05) is 5.56 Å². The van der Waals surface area contributed by atoms with Gasteiger partial charge in [-0.2, -0.15) is 0 Å². The predicted molar refractivity (Wildman–Crippen MR) is 101 cm³/mol. The second kappa shape index (κ2) is 10.7. The summed E-state index contributed by atoms with van der Waals surface area (Å²) in [4.78, 5) is 0. The first kappa shape index (κ1) is 20.9. The Bertz CT molecular complexity index is 615. The summed E-state index contributed by atoms with van der Waals surface area (Å²) in [6.45, 7) is 5.08. The Kier molecular flexibility index (Phi) is 8.60. The number of piperidine rings is 1. The van der Waals surface area contributed by atoms with Crippen molar-refractivity contribution >= 4 is 0 Å². The third-order valence-corrected chi connectivity index (χ3v) is 5.15. The van der Waals surface area contributed by atoms with E-state index in [1.54, 1.807) is 0 Å². The van der Waals surface area contributed by atoms with Crippen LogP contribution in [-0.2, 0) is 17.9 Å². The van der Waals surface area contributed by atoms with Gasteiger partial charge in [-0.05, 0) is 24.8 Å². The van der Waals surface area contributed by atoms with Crippen LogP contribution in [0.25, 0.3) is 0 Å². The quantitative estimate of drug-likeness (QED) is 0.691. The number of aliphatic hydroxyl groups is 1. The molecule has 0 radical (unpaired) electrons. The highest BCUT2D eigenvalue weighted by Crippen LogP contribution is 2.23. The summed E-state index contributed by atoms with van der Waals surface area (Å²) in [7, 11) is 0. The number of rotatable bonds is 8. The second-order valence-electron chi connectivity index (χ2n) is 7.33. The summed E-state index contributed by atoms with van der Waals surface area (Å²) in [5.41, 5.74) is 2.52. The van der Waals surface area contributed by atoms with Crippen LogP contribution in [0.4, 0.5) is 0 Å². The molecule has 142 valence electrons. The van der Waals surface area contributed by atoms with E-state index in [0.29, 0.717) is 13.2 Å². The van der Waals surface area contributed by atoms with Gasteiger partial charge in [0.2, 0.25) is 0 Å². The minimum atomic E-state index is -0.412. The molecular weight excluding hydrogens is 346 g/mol. The maximum absolute atomic E-state index is 10.6. The molecule has 1 saturated heterocycles. The van der Waals surface area contributed by atoms with E-state index in [9.17, 15) is 5.11 Å². The van der Waals surface area contributed by atoms with Crippen molar-refractivity contribution in [1.29, 1.82) is 0 Å². The molecule has 0 amide bonds. The fraction of sp³-hybridized carbons (Fsp3) is 0.455. The molecule has 3 rings (SSSR count). The van der Waals surface area contributed by atoms with Gasteiger partial charge in [0.25, 0.3) is 0 Å². The van der Waals surface area contributed by atoms with Crippen molar-refractivity contribution in [3.05, 3.63) is 71.8 Å². The Balaban J connectivity index is 0.00000243. The van der Waals surface area contributed by atoms with Crippen LogP contribution in [0.1, 0.15) is 30.4 Å². The lowest BCUT2D eigenvalue weighted by atomic mass is 10.0. The molecule has 2 aromatic carbocycles. The molecule has 0 aliphatic carbocycles. The molecule has 1 unspecified atom stereocenters. The topological polar surface area (TPSA) is 29.5 Å². The van der Waals surface area contributed by atoms with Crippen molar-refractivity contribution in [3.63, 3.8) is 0 Å². The maximum atomic E-state index is 10.6. The third kappa shape index (κ3) is 6.40. The highest BCUT2D eigenvalue weighted by Gasteiger charge is 2.32. The Labute approximate surface area is 163 Å². The van der Waals surface area contributed by atoms with Crippen molar-refractivity contribution in [3.8, 4) is 0 Å². The molecule has 0 saturated carbocycles. The molecule has 2 aromatic rings. The van der Waals surface area contributed by atoms with E-state index >= 15 is 0 Å². The third-order valence-electron chi connectivity index (χ3n) is 5.15. The largest absolute Gasteiger partial charge is 1.00 e. The van der Waals surface area contributed by atoms with Crippen molar-refractivity contribution in [1.82, 2.24) is 0 Å². The molecule has 26 heavy (non-hydrogen) atoms. The van der Waals surface area contributed by atoms with Gasteiger partial charge in [-0.15, -0.1) is 0 Å². The second-order valence-corrected chi connectivity index (χ2v) is 7.33. The Morgan fingerprint density at radius 3 is 2.04 bits per heavy atom. The van der Waals surface area contributed by atoms with Gasteiger partial charge in [0.1, 0.15) is 19.2 Å². The number of aliphatic hydroxyl groups excluding tert-OH is 1. The summed E-state index contributed by atoms with van der Waals surface area (Å²) < 4.78 is 6.74. The SMILES string of the molecule is OC(COCc1ccccc1)C[N+]1(Cc2ccccc2)CCCCC1.[Cl-]. The van der Waals surface area contributed by atoms with Crippen LogP contribution in [0.3, 0.4) is 0 Å². The van der Waals surface area contributed by atoms with Crippen LogP contribution in [0.2, 0.25) is 0 Å². The highest BCUT2D eigenvalue weighted by atomic mass is 35.5. The molecular formula is C22H30ClNO2. The van der Waals surface area contributed by atoms with E-state index in [1.165, 1.54) is 24.8 Å². The van der Waals surface area contributed by atoms with Gasteiger partial charge in [-0.25, -0.2) is 0 Å². The lowest BCUT2D eigenvalue weighted by molar-refractivity contribution is -0.947. The van der Waals surface area contributed by atoms with Crippen LogP contribution in [0.5, 0.6) is 0 Å². The van der Waals surface area contributed by atoms with Gasteiger partial charge in [0.15, 0.2) is 0 Å². The number of benzene rings is 2. The van der Waals surface area contributed by atoms with Crippen LogP contribution < -0.4 is 12.4 Å². The predicted octanol–water partition coefficient (Wildman–Crippen LogP) is 0.769. The van der Waals surface area contributed by atoms with Crippen LogP contribution >= 0.6 is 0 Å². The minimum absolute atomic E-state index is 0. The number of halogens is 1. The molecule has 4 heteroatoms. The van der Waals surface area contributed by atoms with Crippen molar-refractivity contribution in [2.45, 2.75) is 38.5 Å². The molecule has 3 nitrogen and oxygen atoms in total. The normalized spacial score (nSPS) is 17.3. The minimum Gasteiger partial charge on any atom is -1.00 e. The summed E-state index contributed by atoms with van der Waals surface area (Å²) in [6, 6.07) is 20.8. The van der Waals surface area contributed by atoms with Crippen LogP contribution in [0.15, 0.2) is 60.7 Å². The number of hydrogen-bond acceptors (Lipinski definition) is 2. The Morgan fingerprint density at radius 1 is 0.846 bits per heavy atom. The van der Waals surface area contributed by atoms with E-state index < -0.39 is 6.10 Å². The molecule has 0 aromatic heterocycles. The Morgan fingerprint density at radius 2 is 1.42 bits per heavy atom. The van der Waals surface area contributed by atoms with E-state index in [2.05, 4.69) is 42.5 Å². The van der Waals surface area contributed by atoms with Crippen LogP contribution in [-0.4, -0.2) is 41.9 Å². The number of nitrogens with zero attached hydrogens (tertiary/aromatic N) is 1. The first-order chi connectivity index (χ1) is 12.3. The Hall–Kier alpha value is -1.39. The summed E-state index contributed by atoms with van der Waals surface area (Å²) in [5.74, 6) is 0. The standard InChI is InChI=1S/C22H30NO2.ClH/c24-22(19-25-18-21-12-6-2-7-13-21)17-23(14-8-3-9-15-23)16-20-10-4-1-5-11-20;/h1-2,4-7,10-13,22,24H,3,8-9,14-19H2;1H/q+1;/p-1. The van der Waals surface area contributed by atoms with E-state index in [0.717, 1.165) is 36.2 Å². The molecule has 1 N–H and O–H groups in total. The monoisotopic (exact) mass is 375 g/mol. The van der Waals surface area contributed by atoms with Gasteiger partial charge in [-0.1, -0.05) is 60.7 Å². The average Bonchev–Trinajstić information content (AvgIpc) is 2.64. The molecule has 1 heterocycles. The fourth-order valence-electron chi connectivity index (χ4n) is 3.95. The van der Waals surface area contributed by atoms with E-state index in [1.807, 2.05) is 18.2 Å². The van der Waals surface area contributed by atoms with Gasteiger partial charge in [0.05, 0.1) is 26.3 Å².